The summed E-state index contributed by atoms with van der Waals surface area (Å²) >= 11 is 0. The van der Waals surface area contributed by atoms with Crippen molar-refractivity contribution in [2.75, 3.05) is 0 Å². The van der Waals surface area contributed by atoms with Gasteiger partial charge < -0.3 is 9.47 Å². The fraction of sp³-hybridized carbons (Fsp3) is 0.444. The Morgan fingerprint density at radius 2 is 1.88 bits per heavy atom. The van der Waals surface area contributed by atoms with Crippen LogP contribution in [0, 0.1) is 38.9 Å². The molecular weight excluding hydrogens is 304 g/mol. The van der Waals surface area contributed by atoms with Crippen LogP contribution in [-0.4, -0.2) is 23.6 Å². The van der Waals surface area contributed by atoms with Gasteiger partial charge in [0.1, 0.15) is 5.84 Å². The van der Waals surface area contributed by atoms with Gasteiger partial charge in [0.05, 0.1) is 24.2 Å². The van der Waals surface area contributed by atoms with Crippen LogP contribution in [0.3, 0.4) is 0 Å². The molecule has 6 nitrogen and oxygen atoms in total. The molecule has 3 fully saturated rings. The molecular formula is C18H16N4O2. The zero-order valence-corrected chi connectivity index (χ0v) is 13.4. The van der Waals surface area contributed by atoms with Gasteiger partial charge >= 0.3 is 0 Å². The smallest absolute Gasteiger partial charge is 0.218 e. The Bertz CT molecular complexity index is 852. The molecule has 1 aromatic carbocycles. The summed E-state index contributed by atoms with van der Waals surface area (Å²) in [4.78, 5) is 4.19. The molecule has 5 rings (SSSR count). The van der Waals surface area contributed by atoms with Gasteiger partial charge in [-0.2, -0.15) is 15.5 Å². The monoisotopic (exact) mass is 320 g/mol. The van der Waals surface area contributed by atoms with Crippen LogP contribution in [0.25, 0.3) is 0 Å². The topological polar surface area (TPSA) is 102 Å². The van der Waals surface area contributed by atoms with Crippen LogP contribution in [0.2, 0.25) is 0 Å². The van der Waals surface area contributed by atoms with Gasteiger partial charge in [0.25, 0.3) is 0 Å². The molecule has 4 aliphatic heterocycles. The van der Waals surface area contributed by atoms with Crippen LogP contribution in [0.1, 0.15) is 31.7 Å². The highest BCUT2D eigenvalue weighted by atomic mass is 16.7. The molecule has 1 aromatic rings. The predicted molar refractivity (Wildman–Crippen MR) is 85.1 cm³/mol. The lowest BCUT2D eigenvalue weighted by molar-refractivity contribution is -0.314. The lowest BCUT2D eigenvalue weighted by atomic mass is 9.50. The van der Waals surface area contributed by atoms with E-state index in [-0.39, 0.29) is 11.7 Å². The van der Waals surface area contributed by atoms with Crippen molar-refractivity contribution >= 4 is 11.7 Å². The van der Waals surface area contributed by atoms with Gasteiger partial charge in [-0.25, -0.2) is 0 Å². The lowest BCUT2D eigenvalue weighted by Gasteiger charge is -2.60. The van der Waals surface area contributed by atoms with Crippen molar-refractivity contribution in [3.63, 3.8) is 0 Å². The van der Waals surface area contributed by atoms with Gasteiger partial charge in [0.2, 0.25) is 11.7 Å². The molecule has 5 atom stereocenters. The quantitative estimate of drug-likeness (QED) is 0.905. The summed E-state index contributed by atoms with van der Waals surface area (Å²) in [5.74, 6) is -1.70. The van der Waals surface area contributed by atoms with E-state index in [0.717, 1.165) is 5.56 Å². The summed E-state index contributed by atoms with van der Waals surface area (Å²) in [6.07, 6.45) is -0.00789. The molecule has 24 heavy (non-hydrogen) atoms. The minimum atomic E-state index is -1.41. The van der Waals surface area contributed by atoms with E-state index in [1.807, 2.05) is 37.3 Å². The van der Waals surface area contributed by atoms with E-state index in [9.17, 15) is 10.5 Å². The first-order chi connectivity index (χ1) is 11.5. The summed E-state index contributed by atoms with van der Waals surface area (Å²) in [5, 5.41) is 28.7. The molecule has 4 aliphatic rings. The lowest BCUT2D eigenvalue weighted by Crippen LogP contribution is -2.72. The van der Waals surface area contributed by atoms with Crippen molar-refractivity contribution in [2.45, 2.75) is 38.1 Å². The molecule has 0 radical (unpaired) electrons. The summed E-state index contributed by atoms with van der Waals surface area (Å²) in [7, 11) is 0. The zero-order valence-electron chi connectivity index (χ0n) is 13.4. The Kier molecular flexibility index (Phi) is 2.75. The van der Waals surface area contributed by atoms with Gasteiger partial charge in [-0.15, -0.1) is 0 Å². The molecule has 0 aromatic heterocycles. The van der Waals surface area contributed by atoms with Gasteiger partial charge in [0.15, 0.2) is 10.8 Å². The highest BCUT2D eigenvalue weighted by Gasteiger charge is 2.82. The number of amidine groups is 1. The normalized spacial score (nSPS) is 42.0. The van der Waals surface area contributed by atoms with Crippen molar-refractivity contribution in [1.29, 1.82) is 15.9 Å². The second-order valence-corrected chi connectivity index (χ2v) is 6.58. The fourth-order valence-corrected chi connectivity index (χ4v) is 4.60. The summed E-state index contributed by atoms with van der Waals surface area (Å²) in [5.41, 5.74) is -1.99. The highest BCUT2D eigenvalue weighted by molar-refractivity contribution is 6.13. The maximum absolute atomic E-state index is 10.2. The van der Waals surface area contributed by atoms with Gasteiger partial charge in [-0.1, -0.05) is 37.3 Å². The fourth-order valence-electron chi connectivity index (χ4n) is 4.60. The van der Waals surface area contributed by atoms with Crippen LogP contribution in [0.5, 0.6) is 0 Å². The molecule has 4 heterocycles. The minimum absolute atomic E-state index is 0.110. The molecule has 0 saturated carbocycles. The summed E-state index contributed by atoms with van der Waals surface area (Å²) < 4.78 is 12.1. The maximum Gasteiger partial charge on any atom is 0.218 e. The largest absolute Gasteiger partial charge is 0.447 e. The number of nitriles is 2. The van der Waals surface area contributed by atoms with Crippen molar-refractivity contribution in [2.24, 2.45) is 15.8 Å². The Balaban J connectivity index is 2.07. The molecule has 0 aliphatic carbocycles. The average molecular weight is 320 g/mol. The van der Waals surface area contributed by atoms with Crippen molar-refractivity contribution in [3.05, 3.63) is 35.9 Å². The summed E-state index contributed by atoms with van der Waals surface area (Å²) in [6.45, 7) is 3.67. The molecule has 6 heteroatoms. The third-order valence-electron chi connectivity index (χ3n) is 5.52. The van der Waals surface area contributed by atoms with Gasteiger partial charge in [0, 0.05) is 6.92 Å². The Hall–Kier alpha value is -2.70. The SMILES string of the molecule is CCC1OC2(C)OC3=NC(=N)C(C#N)(C2c2ccccc2)C31C#N. The number of rotatable bonds is 2. The van der Waals surface area contributed by atoms with Crippen molar-refractivity contribution in [1.82, 2.24) is 0 Å². The van der Waals surface area contributed by atoms with Crippen molar-refractivity contribution in [3.8, 4) is 12.1 Å². The van der Waals surface area contributed by atoms with Crippen molar-refractivity contribution < 1.29 is 9.47 Å². The van der Waals surface area contributed by atoms with E-state index in [4.69, 9.17) is 14.9 Å². The first-order valence-corrected chi connectivity index (χ1v) is 7.92. The molecule has 120 valence electrons. The molecule has 3 saturated heterocycles. The van der Waals surface area contributed by atoms with Gasteiger partial charge in [-0.05, 0) is 12.0 Å². The van der Waals surface area contributed by atoms with E-state index >= 15 is 0 Å². The van der Waals surface area contributed by atoms with Crippen LogP contribution in [0.15, 0.2) is 35.3 Å². The van der Waals surface area contributed by atoms with Crippen LogP contribution in [-0.2, 0) is 9.47 Å². The van der Waals surface area contributed by atoms with Crippen LogP contribution in [0.4, 0.5) is 0 Å². The van der Waals surface area contributed by atoms with Gasteiger partial charge in [-0.3, -0.25) is 5.41 Å². The number of hydrogen-bond acceptors (Lipinski definition) is 5. The molecule has 5 unspecified atom stereocenters. The number of ether oxygens (including phenoxy) is 2. The molecule has 0 amide bonds. The molecule has 1 N–H and O–H groups in total. The Morgan fingerprint density at radius 3 is 2.46 bits per heavy atom. The first-order valence-electron chi connectivity index (χ1n) is 7.92. The Morgan fingerprint density at radius 1 is 1.21 bits per heavy atom. The van der Waals surface area contributed by atoms with Crippen LogP contribution >= 0.6 is 0 Å². The highest BCUT2D eigenvalue weighted by Crippen LogP contribution is 2.69. The molecule has 0 spiro atoms. The first kappa shape index (κ1) is 14.9. The van der Waals surface area contributed by atoms with E-state index in [0.29, 0.717) is 6.42 Å². The number of aliphatic imine (C=N–C) groups is 1. The number of nitrogens with one attached hydrogen (secondary N) is 1. The standard InChI is InChI=1S/C18H16N4O2/c1-3-12-17(9-19)15-22-14(21)18(17,10-20)13(16(2,23-12)24-15)11-7-5-4-6-8-11/h4-8,12-13,21H,3H2,1-2H3. The minimum Gasteiger partial charge on any atom is -0.447 e. The zero-order chi connectivity index (χ0) is 17.2. The van der Waals surface area contributed by atoms with E-state index in [1.54, 1.807) is 6.92 Å². The Labute approximate surface area is 139 Å². The van der Waals surface area contributed by atoms with E-state index < -0.39 is 28.6 Å². The second kappa shape index (κ2) is 4.43. The number of hydrogen-bond donors (Lipinski definition) is 1. The third kappa shape index (κ3) is 1.31. The predicted octanol–water partition coefficient (Wildman–Crippen LogP) is 2.73. The number of nitrogens with zero attached hydrogens (tertiary/aromatic N) is 3. The van der Waals surface area contributed by atoms with E-state index in [1.165, 1.54) is 0 Å². The van der Waals surface area contributed by atoms with E-state index in [2.05, 4.69) is 17.1 Å². The molecule has 4 bridgehead atoms. The second-order valence-electron chi connectivity index (χ2n) is 6.58. The van der Waals surface area contributed by atoms with Crippen LogP contribution < -0.4 is 0 Å². The maximum atomic E-state index is 10.2. The average Bonchev–Trinajstić information content (AvgIpc) is 2.79. The third-order valence-corrected chi connectivity index (χ3v) is 5.52. The number of benzene rings is 1. The number of fused-ring (bicyclic) bond motifs is 1. The summed E-state index contributed by atoms with van der Waals surface area (Å²) in [6, 6.07) is 13.9.